The van der Waals surface area contributed by atoms with Gasteiger partial charge in [0, 0.05) is 24.5 Å². The molecule has 1 fully saturated rings. The monoisotopic (exact) mass is 432 g/mol. The molecule has 2 aromatic heterocycles. The zero-order valence-electron chi connectivity index (χ0n) is 18.7. The van der Waals surface area contributed by atoms with Crippen molar-refractivity contribution in [2.24, 2.45) is 0 Å². The van der Waals surface area contributed by atoms with Crippen molar-refractivity contribution in [1.82, 2.24) is 9.55 Å². The Morgan fingerprint density at radius 1 is 1.06 bits per heavy atom. The molecule has 4 rings (SSSR count). The largest absolute Gasteiger partial charge is 0.462 e. The predicted octanol–water partition coefficient (Wildman–Crippen LogP) is 4.52. The summed E-state index contributed by atoms with van der Waals surface area (Å²) in [6.45, 7) is 7.99. The van der Waals surface area contributed by atoms with Gasteiger partial charge in [0.05, 0.1) is 35.3 Å². The molecular formula is C25H28N4O3. The molecule has 1 amide bonds. The minimum absolute atomic E-state index is 0.271. The van der Waals surface area contributed by atoms with Crippen LogP contribution in [-0.2, 0) is 4.74 Å². The Bertz CT molecular complexity index is 1130. The number of esters is 1. The number of aryl methyl sites for hydroxylation is 1. The van der Waals surface area contributed by atoms with Gasteiger partial charge in [-0.05, 0) is 63.9 Å². The lowest BCUT2D eigenvalue weighted by Crippen LogP contribution is -2.19. The molecule has 3 aromatic rings. The van der Waals surface area contributed by atoms with Crippen molar-refractivity contribution in [3.8, 4) is 5.69 Å². The summed E-state index contributed by atoms with van der Waals surface area (Å²) >= 11 is 0. The van der Waals surface area contributed by atoms with Crippen LogP contribution in [0.4, 0.5) is 11.5 Å². The van der Waals surface area contributed by atoms with Gasteiger partial charge in [-0.15, -0.1) is 0 Å². The van der Waals surface area contributed by atoms with Crippen LogP contribution in [0.15, 0.2) is 48.7 Å². The highest BCUT2D eigenvalue weighted by Gasteiger charge is 2.20. The number of hydrogen-bond donors (Lipinski definition) is 1. The number of nitrogens with zero attached hydrogens (tertiary/aromatic N) is 3. The molecule has 0 atom stereocenters. The van der Waals surface area contributed by atoms with E-state index in [9.17, 15) is 9.59 Å². The van der Waals surface area contributed by atoms with E-state index in [1.807, 2.05) is 42.8 Å². The fourth-order valence-corrected chi connectivity index (χ4v) is 4.20. The smallest absolute Gasteiger partial charge is 0.340 e. The summed E-state index contributed by atoms with van der Waals surface area (Å²) in [5, 5.41) is 2.87. The molecule has 1 aromatic carbocycles. The summed E-state index contributed by atoms with van der Waals surface area (Å²) < 4.78 is 7.12. The maximum Gasteiger partial charge on any atom is 0.340 e. The topological polar surface area (TPSA) is 76.5 Å². The van der Waals surface area contributed by atoms with Gasteiger partial charge in [-0.2, -0.15) is 0 Å². The van der Waals surface area contributed by atoms with Crippen LogP contribution in [0.25, 0.3) is 5.69 Å². The second kappa shape index (κ2) is 9.26. The summed E-state index contributed by atoms with van der Waals surface area (Å²) in [7, 11) is 0. The third-order valence-electron chi connectivity index (χ3n) is 5.77. The summed E-state index contributed by atoms with van der Waals surface area (Å²) in [4.78, 5) is 32.3. The van der Waals surface area contributed by atoms with Crippen LogP contribution < -0.4 is 10.2 Å². The number of hydrogen-bond acceptors (Lipinski definition) is 5. The SMILES string of the molecule is CCOC(=O)c1ccccc1NC(=O)c1cc(C)n(-c2ccc(N3CCCC3)nc2)c1C. The van der Waals surface area contributed by atoms with Crippen LogP contribution in [0.5, 0.6) is 0 Å². The molecule has 1 N–H and O–H groups in total. The van der Waals surface area contributed by atoms with E-state index in [0.29, 0.717) is 16.8 Å². The van der Waals surface area contributed by atoms with E-state index in [1.165, 1.54) is 12.8 Å². The van der Waals surface area contributed by atoms with E-state index in [0.717, 1.165) is 36.0 Å². The minimum Gasteiger partial charge on any atom is -0.462 e. The molecule has 32 heavy (non-hydrogen) atoms. The predicted molar refractivity (Wildman–Crippen MR) is 125 cm³/mol. The molecule has 1 saturated heterocycles. The first-order valence-corrected chi connectivity index (χ1v) is 11.0. The van der Waals surface area contributed by atoms with Crippen LogP contribution in [0.1, 0.15) is 51.9 Å². The van der Waals surface area contributed by atoms with E-state index in [-0.39, 0.29) is 12.5 Å². The fraction of sp³-hybridized carbons (Fsp3) is 0.320. The number of amides is 1. The molecule has 7 heteroatoms. The van der Waals surface area contributed by atoms with Crippen molar-refractivity contribution in [3.05, 3.63) is 71.2 Å². The summed E-state index contributed by atoms with van der Waals surface area (Å²) in [5.74, 6) is 0.253. The zero-order valence-corrected chi connectivity index (χ0v) is 18.7. The normalized spacial score (nSPS) is 13.3. The maximum atomic E-state index is 13.1. The molecular weight excluding hydrogens is 404 g/mol. The number of carbonyl (C=O) groups is 2. The molecule has 0 saturated carbocycles. The van der Waals surface area contributed by atoms with Crippen molar-refractivity contribution in [3.63, 3.8) is 0 Å². The number of aromatic nitrogens is 2. The Morgan fingerprint density at radius 2 is 1.81 bits per heavy atom. The van der Waals surface area contributed by atoms with Crippen molar-refractivity contribution in [2.45, 2.75) is 33.6 Å². The Labute approximate surface area is 188 Å². The Balaban J connectivity index is 1.58. The van der Waals surface area contributed by atoms with E-state index in [4.69, 9.17) is 4.74 Å². The second-order valence-electron chi connectivity index (χ2n) is 7.91. The maximum absolute atomic E-state index is 13.1. The van der Waals surface area contributed by atoms with Gasteiger partial charge in [0.25, 0.3) is 5.91 Å². The number of rotatable bonds is 6. The first kappa shape index (κ1) is 21.6. The number of benzene rings is 1. The molecule has 7 nitrogen and oxygen atoms in total. The van der Waals surface area contributed by atoms with Gasteiger partial charge in [-0.1, -0.05) is 12.1 Å². The first-order valence-electron chi connectivity index (χ1n) is 11.0. The van der Waals surface area contributed by atoms with Gasteiger partial charge >= 0.3 is 5.97 Å². The number of nitrogens with one attached hydrogen (secondary N) is 1. The Kier molecular flexibility index (Phi) is 6.25. The van der Waals surface area contributed by atoms with Gasteiger partial charge in [0.1, 0.15) is 5.82 Å². The fourth-order valence-electron chi connectivity index (χ4n) is 4.20. The van der Waals surface area contributed by atoms with Crippen LogP contribution in [-0.4, -0.2) is 41.1 Å². The molecule has 1 aliphatic heterocycles. The second-order valence-corrected chi connectivity index (χ2v) is 7.91. The molecule has 0 aliphatic carbocycles. The zero-order chi connectivity index (χ0) is 22.7. The molecule has 0 spiro atoms. The number of anilines is 2. The van der Waals surface area contributed by atoms with E-state index in [2.05, 4.69) is 15.2 Å². The average molecular weight is 433 g/mol. The Morgan fingerprint density at radius 3 is 2.50 bits per heavy atom. The third-order valence-corrected chi connectivity index (χ3v) is 5.77. The van der Waals surface area contributed by atoms with Crippen molar-refractivity contribution < 1.29 is 14.3 Å². The minimum atomic E-state index is -0.460. The van der Waals surface area contributed by atoms with E-state index >= 15 is 0 Å². The van der Waals surface area contributed by atoms with Gasteiger partial charge in [0.15, 0.2) is 0 Å². The lowest BCUT2D eigenvalue weighted by Gasteiger charge is -2.17. The molecule has 3 heterocycles. The van der Waals surface area contributed by atoms with E-state index < -0.39 is 5.97 Å². The molecule has 0 bridgehead atoms. The molecule has 166 valence electrons. The van der Waals surface area contributed by atoms with Gasteiger partial charge in [-0.25, -0.2) is 9.78 Å². The van der Waals surface area contributed by atoms with Gasteiger partial charge < -0.3 is 19.5 Å². The van der Waals surface area contributed by atoms with Crippen molar-refractivity contribution >= 4 is 23.4 Å². The van der Waals surface area contributed by atoms with E-state index in [1.54, 1.807) is 31.2 Å². The third kappa shape index (κ3) is 4.23. The average Bonchev–Trinajstić information content (AvgIpc) is 3.43. The van der Waals surface area contributed by atoms with Crippen molar-refractivity contribution in [1.29, 1.82) is 0 Å². The first-order chi connectivity index (χ1) is 15.5. The lowest BCUT2D eigenvalue weighted by molar-refractivity contribution is 0.0527. The number of para-hydroxylation sites is 1. The number of carbonyl (C=O) groups excluding carboxylic acids is 2. The highest BCUT2D eigenvalue weighted by atomic mass is 16.5. The van der Waals surface area contributed by atoms with Gasteiger partial charge in [0.2, 0.25) is 0 Å². The van der Waals surface area contributed by atoms with Crippen LogP contribution in [0.3, 0.4) is 0 Å². The Hall–Kier alpha value is -3.61. The number of ether oxygens (including phenoxy) is 1. The molecule has 0 radical (unpaired) electrons. The standard InChI is InChI=1S/C25H28N4O3/c1-4-32-25(31)20-9-5-6-10-22(20)27-24(30)21-15-17(2)29(18(21)3)19-11-12-23(26-16-19)28-13-7-8-14-28/h5-6,9-12,15-16H,4,7-8,13-14H2,1-3H3,(H,27,30). The quantitative estimate of drug-likeness (QED) is 0.580. The molecule has 1 aliphatic rings. The summed E-state index contributed by atoms with van der Waals surface area (Å²) in [5.41, 5.74) is 3.96. The highest BCUT2D eigenvalue weighted by molar-refractivity contribution is 6.08. The van der Waals surface area contributed by atoms with Gasteiger partial charge in [-0.3, -0.25) is 4.79 Å². The summed E-state index contributed by atoms with van der Waals surface area (Å²) in [6.07, 6.45) is 4.26. The highest BCUT2D eigenvalue weighted by Crippen LogP contribution is 2.25. The number of pyridine rings is 1. The van der Waals surface area contributed by atoms with Crippen LogP contribution >= 0.6 is 0 Å². The summed E-state index contributed by atoms with van der Waals surface area (Å²) in [6, 6.07) is 12.8. The van der Waals surface area contributed by atoms with Crippen LogP contribution in [0, 0.1) is 13.8 Å². The lowest BCUT2D eigenvalue weighted by atomic mass is 10.1. The van der Waals surface area contributed by atoms with Crippen molar-refractivity contribution in [2.75, 3.05) is 29.9 Å². The van der Waals surface area contributed by atoms with Crippen LogP contribution in [0.2, 0.25) is 0 Å². The molecule has 0 unspecified atom stereocenters.